The molecule has 7 aromatic carbocycles. The monoisotopic (exact) mass is 601 g/mol. The number of aromatic nitrogens is 3. The minimum absolute atomic E-state index is 0.615. The van der Waals surface area contributed by atoms with E-state index in [1.54, 1.807) is 0 Å². The molecule has 218 valence electrons. The molecular weight excluding hydrogens is 578 g/mol. The normalized spacial score (nSPS) is 12.3. The van der Waals surface area contributed by atoms with Gasteiger partial charge >= 0.3 is 0 Å². The molecular formula is C42H23N3O2. The van der Waals surface area contributed by atoms with Gasteiger partial charge in [0.05, 0.1) is 27.6 Å². The van der Waals surface area contributed by atoms with Crippen LogP contribution >= 0.6 is 0 Å². The quantitative estimate of drug-likeness (QED) is 0.198. The second-order valence-corrected chi connectivity index (χ2v) is 12.1. The minimum Gasteiger partial charge on any atom is -0.456 e. The van der Waals surface area contributed by atoms with Crippen LogP contribution in [0.5, 0.6) is 0 Å². The Kier molecular flexibility index (Phi) is 4.78. The third-order valence-corrected chi connectivity index (χ3v) is 9.58. The fourth-order valence-corrected chi connectivity index (χ4v) is 7.65. The van der Waals surface area contributed by atoms with E-state index in [1.165, 1.54) is 0 Å². The molecule has 47 heavy (non-hydrogen) atoms. The van der Waals surface area contributed by atoms with Gasteiger partial charge in [0.1, 0.15) is 22.3 Å². The molecule has 0 aliphatic rings. The summed E-state index contributed by atoms with van der Waals surface area (Å²) in [7, 11) is 0. The lowest BCUT2D eigenvalue weighted by Crippen LogP contribution is -2.03. The Labute approximate surface area is 266 Å². The maximum atomic E-state index is 6.78. The van der Waals surface area contributed by atoms with E-state index in [9.17, 15) is 0 Å². The Bertz CT molecular complexity index is 3070. The maximum absolute atomic E-state index is 6.78. The molecule has 0 saturated carbocycles. The third kappa shape index (κ3) is 3.27. The molecule has 0 amide bonds. The Morgan fingerprint density at radius 1 is 0.426 bits per heavy atom. The summed E-state index contributed by atoms with van der Waals surface area (Å²) in [4.78, 5) is 10.6. The van der Waals surface area contributed by atoms with Crippen molar-refractivity contribution in [1.82, 2.24) is 14.5 Å². The molecule has 0 saturated heterocycles. The number of furan rings is 2. The van der Waals surface area contributed by atoms with Crippen LogP contribution < -0.4 is 0 Å². The van der Waals surface area contributed by atoms with Gasteiger partial charge < -0.3 is 8.83 Å². The molecule has 0 radical (unpaired) electrons. The number of hydrogen-bond acceptors (Lipinski definition) is 4. The van der Waals surface area contributed by atoms with E-state index in [4.69, 9.17) is 18.8 Å². The van der Waals surface area contributed by atoms with Crippen LogP contribution in [0.25, 0.3) is 105 Å². The number of fused-ring (bicyclic) bond motifs is 15. The molecule has 0 fully saturated rings. The topological polar surface area (TPSA) is 57.0 Å². The fraction of sp³-hybridized carbons (Fsp3) is 0. The van der Waals surface area contributed by atoms with Crippen molar-refractivity contribution in [3.63, 3.8) is 0 Å². The van der Waals surface area contributed by atoms with Crippen LogP contribution in [0.15, 0.2) is 148 Å². The number of nitrogens with zero attached hydrogens (tertiary/aromatic N) is 3. The zero-order chi connectivity index (χ0) is 30.6. The van der Waals surface area contributed by atoms with Crippen molar-refractivity contribution in [2.24, 2.45) is 0 Å². The van der Waals surface area contributed by atoms with Crippen molar-refractivity contribution in [2.45, 2.75) is 0 Å². The number of para-hydroxylation sites is 4. The van der Waals surface area contributed by atoms with Gasteiger partial charge in [-0.15, -0.1) is 0 Å². The second-order valence-electron chi connectivity index (χ2n) is 12.1. The second kappa shape index (κ2) is 9.05. The van der Waals surface area contributed by atoms with Crippen LogP contribution in [0, 0.1) is 0 Å². The summed E-state index contributed by atoms with van der Waals surface area (Å²) in [5, 5.41) is 9.68. The van der Waals surface area contributed by atoms with Crippen molar-refractivity contribution in [2.75, 3.05) is 0 Å². The van der Waals surface area contributed by atoms with Crippen LogP contribution in [0.1, 0.15) is 0 Å². The predicted octanol–water partition coefficient (Wildman–Crippen LogP) is 11.3. The van der Waals surface area contributed by atoms with E-state index in [1.807, 2.05) is 42.5 Å². The molecule has 11 rings (SSSR count). The van der Waals surface area contributed by atoms with Gasteiger partial charge in [-0.2, -0.15) is 0 Å². The third-order valence-electron chi connectivity index (χ3n) is 9.58. The van der Waals surface area contributed by atoms with Crippen LogP contribution in [-0.4, -0.2) is 14.5 Å². The highest BCUT2D eigenvalue weighted by atomic mass is 16.3. The molecule has 4 heterocycles. The Balaban J connectivity index is 1.44. The van der Waals surface area contributed by atoms with Gasteiger partial charge in [0.15, 0.2) is 0 Å². The predicted molar refractivity (Wildman–Crippen MR) is 191 cm³/mol. The largest absolute Gasteiger partial charge is 0.456 e. The van der Waals surface area contributed by atoms with Crippen LogP contribution in [0.3, 0.4) is 0 Å². The van der Waals surface area contributed by atoms with Crippen molar-refractivity contribution < 1.29 is 8.83 Å². The smallest absolute Gasteiger partial charge is 0.235 e. The van der Waals surface area contributed by atoms with Crippen molar-refractivity contribution in [3.05, 3.63) is 140 Å². The maximum Gasteiger partial charge on any atom is 0.235 e. The van der Waals surface area contributed by atoms with E-state index < -0.39 is 0 Å². The van der Waals surface area contributed by atoms with Gasteiger partial charge in [-0.3, -0.25) is 4.57 Å². The molecule has 5 heteroatoms. The molecule has 0 spiro atoms. The summed E-state index contributed by atoms with van der Waals surface area (Å²) in [6.45, 7) is 0. The summed E-state index contributed by atoms with van der Waals surface area (Å²) in [6.07, 6.45) is 0. The van der Waals surface area contributed by atoms with E-state index >= 15 is 0 Å². The highest BCUT2D eigenvalue weighted by molar-refractivity contribution is 6.40. The van der Waals surface area contributed by atoms with Crippen molar-refractivity contribution in [3.8, 4) is 17.2 Å². The molecule has 0 N–H and O–H groups in total. The average molecular weight is 602 g/mol. The first-order valence-electron chi connectivity index (χ1n) is 15.8. The number of rotatable bonds is 2. The standard InChI is InChI=1S/C42H23N3O2/c1-2-12-24(13-3-1)39-25-14-4-8-18-30(25)43-42(44-39)45-31-19-9-5-15-26(31)37-36-29(22-23-34-35(36)27-16-6-10-20-32(27)46-34)41-38(40(37)45)28-17-7-11-21-33(28)47-41/h1-23H. The van der Waals surface area contributed by atoms with Crippen LogP contribution in [0.2, 0.25) is 0 Å². The molecule has 5 nitrogen and oxygen atoms in total. The molecule has 4 aromatic heterocycles. The van der Waals surface area contributed by atoms with Gasteiger partial charge in [-0.05, 0) is 36.4 Å². The number of hydrogen-bond donors (Lipinski definition) is 0. The first-order chi connectivity index (χ1) is 23.3. The molecule has 0 aliphatic heterocycles. The summed E-state index contributed by atoms with van der Waals surface area (Å²) in [5.74, 6) is 0.615. The Hall–Kier alpha value is -6.46. The zero-order valence-corrected chi connectivity index (χ0v) is 24.9. The van der Waals surface area contributed by atoms with Gasteiger partial charge in [0.25, 0.3) is 0 Å². The summed E-state index contributed by atoms with van der Waals surface area (Å²) < 4.78 is 15.5. The van der Waals surface area contributed by atoms with Crippen LogP contribution in [0.4, 0.5) is 0 Å². The summed E-state index contributed by atoms with van der Waals surface area (Å²) in [6, 6.07) is 48.0. The Morgan fingerprint density at radius 2 is 1.09 bits per heavy atom. The Morgan fingerprint density at radius 3 is 1.91 bits per heavy atom. The van der Waals surface area contributed by atoms with Gasteiger partial charge in [0.2, 0.25) is 5.95 Å². The molecule has 11 aromatic rings. The zero-order valence-electron chi connectivity index (χ0n) is 24.9. The van der Waals surface area contributed by atoms with E-state index in [-0.39, 0.29) is 0 Å². The highest BCUT2D eigenvalue weighted by Crippen LogP contribution is 2.49. The van der Waals surface area contributed by atoms with Crippen molar-refractivity contribution >= 4 is 87.4 Å². The fourth-order valence-electron chi connectivity index (χ4n) is 7.65. The summed E-state index contributed by atoms with van der Waals surface area (Å²) >= 11 is 0. The lowest BCUT2D eigenvalue weighted by Gasteiger charge is -2.12. The van der Waals surface area contributed by atoms with Gasteiger partial charge in [0, 0.05) is 48.7 Å². The lowest BCUT2D eigenvalue weighted by molar-refractivity contribution is 0.669. The molecule has 0 bridgehead atoms. The first-order valence-corrected chi connectivity index (χ1v) is 15.8. The van der Waals surface area contributed by atoms with Crippen molar-refractivity contribution in [1.29, 1.82) is 0 Å². The summed E-state index contributed by atoms with van der Waals surface area (Å²) in [5.41, 5.74) is 8.27. The van der Waals surface area contributed by atoms with E-state index in [2.05, 4.69) is 102 Å². The lowest BCUT2D eigenvalue weighted by atomic mass is 9.96. The molecule has 0 unspecified atom stereocenters. The van der Waals surface area contributed by atoms with E-state index in [0.717, 1.165) is 98.6 Å². The highest BCUT2D eigenvalue weighted by Gasteiger charge is 2.26. The SMILES string of the molecule is c1ccc(-c2nc(-n3c4ccccc4c4c5c(ccc6oc7ccccc7c65)c5oc6ccccc6c5c43)nc3ccccc23)cc1. The van der Waals surface area contributed by atoms with E-state index in [0.29, 0.717) is 5.95 Å². The van der Waals surface area contributed by atoms with Gasteiger partial charge in [-0.1, -0.05) is 103 Å². The van der Waals surface area contributed by atoms with Crippen LogP contribution in [-0.2, 0) is 0 Å². The molecule has 0 aliphatic carbocycles. The number of benzene rings is 7. The molecule has 0 atom stereocenters. The van der Waals surface area contributed by atoms with Gasteiger partial charge in [-0.25, -0.2) is 9.97 Å². The average Bonchev–Trinajstić information content (AvgIpc) is 3.81. The minimum atomic E-state index is 0.615. The first kappa shape index (κ1) is 24.8.